The van der Waals surface area contributed by atoms with E-state index in [1.165, 1.54) is 38.5 Å². The summed E-state index contributed by atoms with van der Waals surface area (Å²) >= 11 is 0. The summed E-state index contributed by atoms with van der Waals surface area (Å²) in [6.45, 7) is 4.05. The first-order chi connectivity index (χ1) is 35.5. The summed E-state index contributed by atoms with van der Waals surface area (Å²) < 4.78 is 34.0. The monoisotopic (exact) mass is 1030 g/mol. The van der Waals surface area contributed by atoms with Gasteiger partial charge in [-0.15, -0.1) is 0 Å². The van der Waals surface area contributed by atoms with Crippen LogP contribution in [0.2, 0.25) is 0 Å². The third-order valence-corrected chi connectivity index (χ3v) is 12.4. The lowest BCUT2D eigenvalue weighted by Gasteiger charge is -2.28. The number of hydrogen-bond acceptors (Lipinski definition) is 8. The Balaban J connectivity index is 4.25. The number of nitrogens with zero attached hydrogens (tertiary/aromatic N) is 1. The molecule has 0 N–H and O–H groups in total. The minimum atomic E-state index is -4.65. The third kappa shape index (κ3) is 57.3. The molecule has 0 fully saturated rings. The topological polar surface area (TPSA) is 111 Å². The van der Waals surface area contributed by atoms with Crippen LogP contribution in [0.25, 0.3) is 0 Å². The van der Waals surface area contributed by atoms with Gasteiger partial charge in [-0.2, -0.15) is 0 Å². The van der Waals surface area contributed by atoms with Gasteiger partial charge in [0.05, 0.1) is 27.7 Å². The highest BCUT2D eigenvalue weighted by Gasteiger charge is 2.21. The van der Waals surface area contributed by atoms with Gasteiger partial charge < -0.3 is 27.9 Å². The molecular formula is C63H104NO8P. The summed E-state index contributed by atoms with van der Waals surface area (Å²) in [5.74, 6) is -0.884. The zero-order chi connectivity index (χ0) is 53.5. The van der Waals surface area contributed by atoms with E-state index in [1.807, 2.05) is 21.1 Å². The summed E-state index contributed by atoms with van der Waals surface area (Å²) in [7, 11) is 1.12. The van der Waals surface area contributed by atoms with E-state index >= 15 is 0 Å². The first-order valence-electron chi connectivity index (χ1n) is 28.4. The Kier molecular flexibility index (Phi) is 50.2. The van der Waals surface area contributed by atoms with Crippen LogP contribution in [0, 0.1) is 0 Å². The predicted octanol–water partition coefficient (Wildman–Crippen LogP) is 17.1. The number of allylic oxidation sites excluding steroid dienone is 22. The normalized spacial score (nSPS) is 14.3. The minimum absolute atomic E-state index is 0.0446. The Labute approximate surface area is 447 Å². The van der Waals surface area contributed by atoms with Crippen LogP contribution < -0.4 is 4.89 Å². The molecule has 0 aliphatic heterocycles. The second kappa shape index (κ2) is 53.0. The molecule has 0 aromatic carbocycles. The molecule has 2 atom stereocenters. The molecule has 10 heteroatoms. The quantitative estimate of drug-likeness (QED) is 0.0195. The van der Waals surface area contributed by atoms with Gasteiger partial charge >= 0.3 is 11.9 Å². The SMILES string of the molecule is CC/C=C\C/C=C\C/C=C\C/C=C\C/C=C\C/C=C\C/C=C\C/C=C\C/C=C\C/C=C\CCCCCCC(=O)OC(COC(=O)CCCCCCC/C=C\CCCCCCC)COP(=O)([O-])OCC[N+](C)(C)C. The standard InChI is InChI=1S/C63H104NO8P/c1-6-8-10-12-14-16-18-20-22-23-24-25-26-27-28-29-30-31-32-33-34-35-36-37-38-39-40-41-42-44-46-48-50-52-54-56-63(66)72-61(60-71-73(67,68)70-58-57-64(3,4)5)59-69-62(65)55-53-51-49-47-45-43-21-19-17-15-13-11-9-7-2/h8,10,14,16,19-22,24-25,27-28,30-31,33-34,36-37,39-40,42,44,61H,6-7,9,11-13,15,17-18,23,26,29,32,35,38,41,43,45-60H2,1-5H3/b10-8-,16-14-,21-19-,22-20-,25-24-,28-27-,31-30-,34-33-,37-36-,40-39-,44-42-. The van der Waals surface area contributed by atoms with Crippen molar-refractivity contribution in [1.29, 1.82) is 0 Å². The van der Waals surface area contributed by atoms with Crippen molar-refractivity contribution in [3.8, 4) is 0 Å². The Bertz CT molecular complexity index is 1690. The van der Waals surface area contributed by atoms with Crippen LogP contribution in [0.1, 0.15) is 200 Å². The fourth-order valence-electron chi connectivity index (χ4n) is 7.03. The Hall–Kier alpha value is -3.85. The smallest absolute Gasteiger partial charge is 0.306 e. The van der Waals surface area contributed by atoms with Crippen LogP contribution in [0.3, 0.4) is 0 Å². The van der Waals surface area contributed by atoms with Gasteiger partial charge in [0.2, 0.25) is 0 Å². The molecule has 0 saturated carbocycles. The second-order valence-electron chi connectivity index (χ2n) is 19.6. The maximum atomic E-state index is 12.8. The number of quaternary nitrogens is 1. The fraction of sp³-hybridized carbons (Fsp3) is 0.619. The predicted molar refractivity (Wildman–Crippen MR) is 309 cm³/mol. The van der Waals surface area contributed by atoms with Crippen molar-refractivity contribution in [3.05, 3.63) is 134 Å². The molecule has 414 valence electrons. The molecular weight excluding hydrogens is 930 g/mol. The zero-order valence-corrected chi connectivity index (χ0v) is 47.7. The lowest BCUT2D eigenvalue weighted by molar-refractivity contribution is -0.870. The first-order valence-corrected chi connectivity index (χ1v) is 29.9. The molecule has 0 bridgehead atoms. The van der Waals surface area contributed by atoms with Gasteiger partial charge in [-0.05, 0) is 116 Å². The van der Waals surface area contributed by atoms with Crippen molar-refractivity contribution >= 4 is 19.8 Å². The largest absolute Gasteiger partial charge is 0.756 e. The number of ether oxygens (including phenoxy) is 2. The molecule has 0 spiro atoms. The number of carbonyl (C=O) groups excluding carboxylic acids is 2. The van der Waals surface area contributed by atoms with Crippen LogP contribution >= 0.6 is 7.82 Å². The molecule has 0 heterocycles. The van der Waals surface area contributed by atoms with Crippen molar-refractivity contribution in [3.63, 3.8) is 0 Å². The molecule has 0 saturated heterocycles. The molecule has 0 aliphatic carbocycles. The molecule has 9 nitrogen and oxygen atoms in total. The summed E-state index contributed by atoms with van der Waals surface area (Å²) in [4.78, 5) is 37.8. The van der Waals surface area contributed by atoms with Crippen molar-refractivity contribution in [2.24, 2.45) is 0 Å². The van der Waals surface area contributed by atoms with E-state index in [9.17, 15) is 19.0 Å². The molecule has 0 rings (SSSR count). The van der Waals surface area contributed by atoms with Gasteiger partial charge in [0, 0.05) is 12.8 Å². The van der Waals surface area contributed by atoms with Crippen LogP contribution in [-0.4, -0.2) is 70.0 Å². The van der Waals surface area contributed by atoms with E-state index in [1.54, 1.807) is 0 Å². The second-order valence-corrected chi connectivity index (χ2v) is 21.0. The van der Waals surface area contributed by atoms with Gasteiger partial charge in [-0.1, -0.05) is 205 Å². The molecule has 2 unspecified atom stereocenters. The third-order valence-electron chi connectivity index (χ3n) is 11.4. The Morgan fingerprint density at radius 3 is 1.18 bits per heavy atom. The van der Waals surface area contributed by atoms with Crippen molar-refractivity contribution in [2.45, 2.75) is 206 Å². The summed E-state index contributed by atoms with van der Waals surface area (Å²) in [5.41, 5.74) is 0. The number of unbranched alkanes of at least 4 members (excludes halogenated alkanes) is 14. The van der Waals surface area contributed by atoms with Crippen LogP contribution in [-0.2, 0) is 32.7 Å². The zero-order valence-electron chi connectivity index (χ0n) is 46.8. The summed E-state index contributed by atoms with van der Waals surface area (Å²) in [6.07, 6.45) is 76.4. The highest BCUT2D eigenvalue weighted by Crippen LogP contribution is 2.38. The summed E-state index contributed by atoms with van der Waals surface area (Å²) in [6, 6.07) is 0. The number of rotatable bonds is 50. The molecule has 0 radical (unpaired) electrons. The van der Waals surface area contributed by atoms with E-state index in [2.05, 4.69) is 148 Å². The number of esters is 2. The van der Waals surface area contributed by atoms with E-state index in [4.69, 9.17) is 18.5 Å². The van der Waals surface area contributed by atoms with E-state index < -0.39 is 32.5 Å². The van der Waals surface area contributed by atoms with Crippen LogP contribution in [0.15, 0.2) is 134 Å². The van der Waals surface area contributed by atoms with E-state index in [0.717, 1.165) is 122 Å². The van der Waals surface area contributed by atoms with Crippen molar-refractivity contribution in [2.75, 3.05) is 47.5 Å². The van der Waals surface area contributed by atoms with Crippen LogP contribution in [0.5, 0.6) is 0 Å². The van der Waals surface area contributed by atoms with Gasteiger partial charge in [-0.25, -0.2) is 0 Å². The lowest BCUT2D eigenvalue weighted by Crippen LogP contribution is -2.37. The summed E-state index contributed by atoms with van der Waals surface area (Å²) in [5, 5.41) is 0. The highest BCUT2D eigenvalue weighted by atomic mass is 31.2. The highest BCUT2D eigenvalue weighted by molar-refractivity contribution is 7.45. The van der Waals surface area contributed by atoms with Crippen LogP contribution in [0.4, 0.5) is 0 Å². The molecule has 0 aromatic heterocycles. The Morgan fingerprint density at radius 2 is 0.781 bits per heavy atom. The van der Waals surface area contributed by atoms with Gasteiger partial charge in [0.1, 0.15) is 19.8 Å². The molecule has 0 amide bonds. The molecule has 73 heavy (non-hydrogen) atoms. The van der Waals surface area contributed by atoms with Gasteiger partial charge in [0.15, 0.2) is 6.10 Å². The number of likely N-dealkylation sites (N-methyl/N-ethyl adjacent to an activating group) is 1. The van der Waals surface area contributed by atoms with Crippen molar-refractivity contribution in [1.82, 2.24) is 0 Å². The number of carbonyl (C=O) groups is 2. The first kappa shape index (κ1) is 69.2. The maximum absolute atomic E-state index is 12.8. The molecule has 0 aliphatic rings. The lowest BCUT2D eigenvalue weighted by atomic mass is 10.1. The molecule has 0 aromatic rings. The number of phosphoric acid groups is 1. The maximum Gasteiger partial charge on any atom is 0.306 e. The van der Waals surface area contributed by atoms with E-state index in [0.29, 0.717) is 23.9 Å². The Morgan fingerprint density at radius 1 is 0.438 bits per heavy atom. The van der Waals surface area contributed by atoms with Gasteiger partial charge in [0.25, 0.3) is 7.82 Å². The van der Waals surface area contributed by atoms with Gasteiger partial charge in [-0.3, -0.25) is 14.2 Å². The fourth-order valence-corrected chi connectivity index (χ4v) is 7.76. The average Bonchev–Trinajstić information content (AvgIpc) is 3.35. The average molecular weight is 1030 g/mol. The number of hydrogen-bond donors (Lipinski definition) is 0. The van der Waals surface area contributed by atoms with E-state index in [-0.39, 0.29) is 26.1 Å². The minimum Gasteiger partial charge on any atom is -0.756 e. The number of phosphoric ester groups is 1. The van der Waals surface area contributed by atoms with Crippen molar-refractivity contribution < 1.29 is 42.1 Å².